The molecule has 3 heteroatoms. The third-order valence-corrected chi connectivity index (χ3v) is 2.16. The minimum Gasteiger partial charge on any atom is -0.497 e. The molecule has 0 saturated heterocycles. The van der Waals surface area contributed by atoms with Crippen molar-refractivity contribution in [3.63, 3.8) is 0 Å². The number of nitrogens with zero attached hydrogens (tertiary/aromatic N) is 2. The highest BCUT2D eigenvalue weighted by Gasteiger charge is 1.97. The maximum atomic E-state index is 5.09. The zero-order valence-electron chi connectivity index (χ0n) is 8.55. The van der Waals surface area contributed by atoms with Crippen molar-refractivity contribution in [3.05, 3.63) is 54.1 Å². The van der Waals surface area contributed by atoms with E-state index in [2.05, 4.69) is 9.97 Å². The van der Waals surface area contributed by atoms with Gasteiger partial charge in [0.25, 0.3) is 0 Å². The van der Waals surface area contributed by atoms with Crippen LogP contribution in [0.15, 0.2) is 42.9 Å². The predicted octanol–water partition coefficient (Wildman–Crippen LogP) is 2.08. The Morgan fingerprint density at radius 2 is 1.93 bits per heavy atom. The summed E-state index contributed by atoms with van der Waals surface area (Å²) in [5.41, 5.74) is 2.18. The number of methoxy groups -OCH3 is 1. The Labute approximate surface area is 88.8 Å². The Morgan fingerprint density at radius 3 is 2.53 bits per heavy atom. The molecule has 2 aromatic rings. The number of rotatable bonds is 3. The molecule has 0 saturated carbocycles. The Kier molecular flexibility index (Phi) is 2.93. The van der Waals surface area contributed by atoms with Gasteiger partial charge in [-0.15, -0.1) is 0 Å². The standard InChI is InChI=1S/C12H12N2O/c1-15-12-4-2-10(3-5-12)8-11-9-13-6-7-14-11/h2-7,9H,8H2,1H3. The van der Waals surface area contributed by atoms with Gasteiger partial charge in [-0.05, 0) is 17.7 Å². The molecule has 0 spiro atoms. The van der Waals surface area contributed by atoms with Crippen molar-refractivity contribution in [2.45, 2.75) is 6.42 Å². The van der Waals surface area contributed by atoms with Crippen molar-refractivity contribution in [1.82, 2.24) is 9.97 Å². The van der Waals surface area contributed by atoms with E-state index < -0.39 is 0 Å². The molecule has 0 radical (unpaired) electrons. The molecule has 2 rings (SSSR count). The van der Waals surface area contributed by atoms with Crippen molar-refractivity contribution >= 4 is 0 Å². The van der Waals surface area contributed by atoms with E-state index in [1.807, 2.05) is 24.3 Å². The van der Waals surface area contributed by atoms with Gasteiger partial charge in [0.05, 0.1) is 12.8 Å². The van der Waals surface area contributed by atoms with Crippen LogP contribution in [0.25, 0.3) is 0 Å². The number of benzene rings is 1. The third-order valence-electron chi connectivity index (χ3n) is 2.16. The molecule has 0 N–H and O–H groups in total. The second kappa shape index (κ2) is 4.55. The van der Waals surface area contributed by atoms with Crippen LogP contribution in [0.2, 0.25) is 0 Å². The first kappa shape index (κ1) is 9.65. The van der Waals surface area contributed by atoms with Crippen LogP contribution in [0, 0.1) is 0 Å². The van der Waals surface area contributed by atoms with Crippen LogP contribution in [0.3, 0.4) is 0 Å². The van der Waals surface area contributed by atoms with Crippen LogP contribution in [0.1, 0.15) is 11.3 Å². The average molecular weight is 200 g/mol. The van der Waals surface area contributed by atoms with Crippen molar-refractivity contribution in [1.29, 1.82) is 0 Å². The van der Waals surface area contributed by atoms with E-state index in [4.69, 9.17) is 4.74 Å². The number of aromatic nitrogens is 2. The van der Waals surface area contributed by atoms with Gasteiger partial charge < -0.3 is 4.74 Å². The van der Waals surface area contributed by atoms with Gasteiger partial charge in [-0.3, -0.25) is 9.97 Å². The average Bonchev–Trinajstić information content (AvgIpc) is 2.31. The topological polar surface area (TPSA) is 35.0 Å². The number of hydrogen-bond donors (Lipinski definition) is 0. The van der Waals surface area contributed by atoms with Crippen LogP contribution in [0.4, 0.5) is 0 Å². The Balaban J connectivity index is 2.11. The Hall–Kier alpha value is -1.90. The molecule has 0 amide bonds. The van der Waals surface area contributed by atoms with Crippen molar-refractivity contribution in [3.8, 4) is 5.75 Å². The van der Waals surface area contributed by atoms with Gasteiger partial charge >= 0.3 is 0 Å². The summed E-state index contributed by atoms with van der Waals surface area (Å²) in [6, 6.07) is 7.97. The summed E-state index contributed by atoms with van der Waals surface area (Å²) in [5, 5.41) is 0. The Bertz CT molecular complexity index is 411. The van der Waals surface area contributed by atoms with E-state index in [0.717, 1.165) is 17.9 Å². The quantitative estimate of drug-likeness (QED) is 0.760. The van der Waals surface area contributed by atoms with Gasteiger partial charge in [0.15, 0.2) is 0 Å². The molecular weight excluding hydrogens is 188 g/mol. The largest absolute Gasteiger partial charge is 0.497 e. The van der Waals surface area contributed by atoms with Crippen LogP contribution < -0.4 is 4.74 Å². The van der Waals surface area contributed by atoms with E-state index in [0.29, 0.717) is 0 Å². The van der Waals surface area contributed by atoms with Crippen molar-refractivity contribution in [2.24, 2.45) is 0 Å². The minimum atomic E-state index is 0.803. The highest BCUT2D eigenvalue weighted by atomic mass is 16.5. The Morgan fingerprint density at radius 1 is 1.13 bits per heavy atom. The minimum absolute atomic E-state index is 0.803. The van der Waals surface area contributed by atoms with Crippen LogP contribution in [0.5, 0.6) is 5.75 Å². The highest BCUT2D eigenvalue weighted by Crippen LogP contribution is 2.13. The monoisotopic (exact) mass is 200 g/mol. The van der Waals surface area contributed by atoms with Gasteiger partial charge in [0.1, 0.15) is 5.75 Å². The lowest BCUT2D eigenvalue weighted by molar-refractivity contribution is 0.414. The first-order chi connectivity index (χ1) is 7.38. The molecule has 0 aliphatic rings. The molecule has 1 aromatic carbocycles. The zero-order valence-corrected chi connectivity index (χ0v) is 8.55. The van der Waals surface area contributed by atoms with Gasteiger partial charge in [0.2, 0.25) is 0 Å². The summed E-state index contributed by atoms with van der Waals surface area (Å²) >= 11 is 0. The van der Waals surface area contributed by atoms with E-state index in [9.17, 15) is 0 Å². The first-order valence-electron chi connectivity index (χ1n) is 4.76. The molecular formula is C12H12N2O. The molecule has 0 atom stereocenters. The molecule has 0 fully saturated rings. The number of hydrogen-bond acceptors (Lipinski definition) is 3. The summed E-state index contributed by atoms with van der Waals surface area (Å²) in [5.74, 6) is 0.873. The molecule has 76 valence electrons. The summed E-state index contributed by atoms with van der Waals surface area (Å²) < 4.78 is 5.09. The fraction of sp³-hybridized carbons (Fsp3) is 0.167. The molecule has 3 nitrogen and oxygen atoms in total. The van der Waals surface area contributed by atoms with Crippen molar-refractivity contribution in [2.75, 3.05) is 7.11 Å². The van der Waals surface area contributed by atoms with Gasteiger partial charge in [-0.25, -0.2) is 0 Å². The fourth-order valence-corrected chi connectivity index (χ4v) is 1.37. The lowest BCUT2D eigenvalue weighted by Gasteiger charge is -2.02. The van der Waals surface area contributed by atoms with Crippen LogP contribution >= 0.6 is 0 Å². The first-order valence-corrected chi connectivity index (χ1v) is 4.76. The maximum Gasteiger partial charge on any atom is 0.118 e. The van der Waals surface area contributed by atoms with E-state index in [1.165, 1.54) is 5.56 Å². The lowest BCUT2D eigenvalue weighted by atomic mass is 10.1. The summed E-state index contributed by atoms with van der Waals surface area (Å²) in [4.78, 5) is 8.25. The van der Waals surface area contributed by atoms with Gasteiger partial charge in [-0.1, -0.05) is 12.1 Å². The van der Waals surface area contributed by atoms with E-state index in [1.54, 1.807) is 25.7 Å². The molecule has 15 heavy (non-hydrogen) atoms. The van der Waals surface area contributed by atoms with E-state index >= 15 is 0 Å². The second-order valence-electron chi connectivity index (χ2n) is 3.22. The number of ether oxygens (including phenoxy) is 1. The maximum absolute atomic E-state index is 5.09. The normalized spacial score (nSPS) is 9.93. The van der Waals surface area contributed by atoms with E-state index in [-0.39, 0.29) is 0 Å². The lowest BCUT2D eigenvalue weighted by Crippen LogP contribution is -1.92. The highest BCUT2D eigenvalue weighted by molar-refractivity contribution is 5.29. The predicted molar refractivity (Wildman–Crippen MR) is 57.8 cm³/mol. The summed E-state index contributed by atoms with van der Waals surface area (Å²) in [6.45, 7) is 0. The molecule has 0 aliphatic carbocycles. The molecule has 0 unspecified atom stereocenters. The summed E-state index contributed by atoms with van der Waals surface area (Å²) in [6.07, 6.45) is 5.97. The van der Waals surface area contributed by atoms with Gasteiger partial charge in [-0.2, -0.15) is 0 Å². The second-order valence-corrected chi connectivity index (χ2v) is 3.22. The third kappa shape index (κ3) is 2.53. The van der Waals surface area contributed by atoms with Crippen LogP contribution in [-0.2, 0) is 6.42 Å². The van der Waals surface area contributed by atoms with Gasteiger partial charge in [0, 0.05) is 25.0 Å². The smallest absolute Gasteiger partial charge is 0.118 e. The molecule has 0 bridgehead atoms. The SMILES string of the molecule is COc1ccc(Cc2cnccn2)cc1. The van der Waals surface area contributed by atoms with Crippen molar-refractivity contribution < 1.29 is 4.74 Å². The molecule has 1 aromatic heterocycles. The van der Waals surface area contributed by atoms with Crippen LogP contribution in [-0.4, -0.2) is 17.1 Å². The fourth-order valence-electron chi connectivity index (χ4n) is 1.37. The zero-order chi connectivity index (χ0) is 10.5. The molecule has 1 heterocycles. The molecule has 0 aliphatic heterocycles. The summed E-state index contributed by atoms with van der Waals surface area (Å²) in [7, 11) is 1.66.